The van der Waals surface area contributed by atoms with Gasteiger partial charge < -0.3 is 5.11 Å². The van der Waals surface area contributed by atoms with Gasteiger partial charge in [-0.15, -0.1) is 6.58 Å². The average Bonchev–Trinajstić information content (AvgIpc) is 2.09. The molecule has 1 atom stereocenters. The minimum Gasteiger partial charge on any atom is -0.396 e. The lowest BCUT2D eigenvalue weighted by atomic mass is 10.0. The van der Waals surface area contributed by atoms with Crippen LogP contribution >= 0.6 is 11.8 Å². The summed E-state index contributed by atoms with van der Waals surface area (Å²) in [5.74, 6) is 0.0128. The van der Waals surface area contributed by atoms with Crippen LogP contribution < -0.4 is 0 Å². The fourth-order valence-corrected chi connectivity index (χ4v) is 2.24. The van der Waals surface area contributed by atoms with Gasteiger partial charge in [-0.2, -0.15) is 0 Å². The standard InChI is InChI=1S/C12H22O2S/c1-5-7-10(8-6-9-13)11(14)15-12(2,3)4/h5,10,13H,1,6-9H2,2-4H3/t10-/m1/s1. The zero-order valence-electron chi connectivity index (χ0n) is 9.95. The Morgan fingerprint density at radius 1 is 1.53 bits per heavy atom. The Labute approximate surface area is 97.1 Å². The van der Waals surface area contributed by atoms with Crippen LogP contribution in [0.15, 0.2) is 12.7 Å². The van der Waals surface area contributed by atoms with Gasteiger partial charge in [0.05, 0.1) is 0 Å². The highest BCUT2D eigenvalue weighted by molar-refractivity contribution is 8.14. The first-order chi connectivity index (χ1) is 6.90. The predicted molar refractivity (Wildman–Crippen MR) is 67.0 cm³/mol. The maximum absolute atomic E-state index is 11.9. The molecule has 0 aromatic carbocycles. The first-order valence-corrected chi connectivity index (χ1v) is 6.17. The zero-order chi connectivity index (χ0) is 11.9. The van der Waals surface area contributed by atoms with E-state index in [0.717, 1.165) is 6.42 Å². The number of hydrogen-bond acceptors (Lipinski definition) is 3. The van der Waals surface area contributed by atoms with E-state index in [2.05, 4.69) is 6.58 Å². The molecule has 0 spiro atoms. The van der Waals surface area contributed by atoms with Gasteiger partial charge in [0.25, 0.3) is 0 Å². The third kappa shape index (κ3) is 7.63. The van der Waals surface area contributed by atoms with E-state index in [-0.39, 0.29) is 22.4 Å². The Balaban J connectivity index is 4.21. The van der Waals surface area contributed by atoms with E-state index < -0.39 is 0 Å². The number of carbonyl (C=O) groups excluding carboxylic acids is 1. The highest BCUT2D eigenvalue weighted by atomic mass is 32.2. The van der Waals surface area contributed by atoms with Crippen molar-refractivity contribution in [3.63, 3.8) is 0 Å². The fraction of sp³-hybridized carbons (Fsp3) is 0.750. The Morgan fingerprint density at radius 3 is 2.53 bits per heavy atom. The van der Waals surface area contributed by atoms with Gasteiger partial charge in [0.2, 0.25) is 0 Å². The maximum Gasteiger partial charge on any atom is 0.192 e. The third-order valence-corrected chi connectivity index (χ3v) is 3.05. The molecule has 0 bridgehead atoms. The van der Waals surface area contributed by atoms with E-state index in [1.165, 1.54) is 11.8 Å². The van der Waals surface area contributed by atoms with Gasteiger partial charge in [-0.25, -0.2) is 0 Å². The summed E-state index contributed by atoms with van der Waals surface area (Å²) in [6.07, 6.45) is 3.93. The van der Waals surface area contributed by atoms with Crippen LogP contribution in [0.5, 0.6) is 0 Å². The Bertz CT molecular complexity index is 206. The van der Waals surface area contributed by atoms with E-state index in [1.807, 2.05) is 20.8 Å². The van der Waals surface area contributed by atoms with Crippen molar-refractivity contribution in [1.29, 1.82) is 0 Å². The maximum atomic E-state index is 11.9. The van der Waals surface area contributed by atoms with Crippen LogP contribution in [-0.4, -0.2) is 21.6 Å². The van der Waals surface area contributed by atoms with Crippen molar-refractivity contribution in [3.8, 4) is 0 Å². The molecule has 0 aromatic rings. The molecule has 0 unspecified atom stereocenters. The molecule has 0 fully saturated rings. The molecule has 3 heteroatoms. The normalized spacial score (nSPS) is 13.6. The number of allylic oxidation sites excluding steroid dienone is 1. The summed E-state index contributed by atoms with van der Waals surface area (Å²) >= 11 is 1.39. The Kier molecular flexibility index (Phi) is 6.94. The second kappa shape index (κ2) is 7.07. The number of hydrogen-bond donors (Lipinski definition) is 1. The minimum atomic E-state index is -0.0320. The van der Waals surface area contributed by atoms with Gasteiger partial charge in [-0.3, -0.25) is 4.79 Å². The molecule has 0 rings (SSSR count). The monoisotopic (exact) mass is 230 g/mol. The van der Waals surface area contributed by atoms with Gasteiger partial charge in [-0.1, -0.05) is 38.6 Å². The molecule has 0 radical (unpaired) electrons. The smallest absolute Gasteiger partial charge is 0.192 e. The topological polar surface area (TPSA) is 37.3 Å². The van der Waals surface area contributed by atoms with Crippen LogP contribution in [0.3, 0.4) is 0 Å². The zero-order valence-corrected chi connectivity index (χ0v) is 10.8. The van der Waals surface area contributed by atoms with Gasteiger partial charge in [0, 0.05) is 17.3 Å². The summed E-state index contributed by atoms with van der Waals surface area (Å²) in [5.41, 5.74) is 0. The number of aliphatic hydroxyl groups is 1. The van der Waals surface area contributed by atoms with Crippen molar-refractivity contribution >= 4 is 16.9 Å². The molecular weight excluding hydrogens is 208 g/mol. The summed E-state index contributed by atoms with van der Waals surface area (Å²) in [7, 11) is 0. The summed E-state index contributed by atoms with van der Waals surface area (Å²) in [6, 6.07) is 0. The number of carbonyl (C=O) groups is 1. The number of aliphatic hydroxyl groups excluding tert-OH is 1. The van der Waals surface area contributed by atoms with Gasteiger partial charge in [0.1, 0.15) is 0 Å². The molecule has 0 aromatic heterocycles. The molecule has 15 heavy (non-hydrogen) atoms. The second-order valence-corrected chi connectivity index (χ2v) is 6.45. The molecule has 0 aliphatic rings. The van der Waals surface area contributed by atoms with Gasteiger partial charge in [0.15, 0.2) is 5.12 Å². The summed E-state index contributed by atoms with van der Waals surface area (Å²) in [5, 5.41) is 8.97. The van der Waals surface area contributed by atoms with Crippen LogP contribution in [-0.2, 0) is 4.79 Å². The lowest BCUT2D eigenvalue weighted by Crippen LogP contribution is -2.18. The largest absolute Gasteiger partial charge is 0.396 e. The Morgan fingerprint density at radius 2 is 2.13 bits per heavy atom. The van der Waals surface area contributed by atoms with E-state index in [0.29, 0.717) is 12.8 Å². The minimum absolute atomic E-state index is 0.0128. The van der Waals surface area contributed by atoms with Gasteiger partial charge >= 0.3 is 0 Å². The molecule has 0 aliphatic carbocycles. The second-order valence-electron chi connectivity index (χ2n) is 4.62. The van der Waals surface area contributed by atoms with Gasteiger partial charge in [-0.05, 0) is 19.3 Å². The van der Waals surface area contributed by atoms with Crippen LogP contribution in [0.2, 0.25) is 0 Å². The number of rotatable bonds is 6. The van der Waals surface area contributed by atoms with Crippen molar-refractivity contribution < 1.29 is 9.90 Å². The quantitative estimate of drug-likeness (QED) is 0.713. The lowest BCUT2D eigenvalue weighted by Gasteiger charge is -2.20. The van der Waals surface area contributed by atoms with Crippen LogP contribution in [0.4, 0.5) is 0 Å². The van der Waals surface area contributed by atoms with E-state index in [9.17, 15) is 4.79 Å². The summed E-state index contributed by atoms with van der Waals surface area (Å²) < 4.78 is -0.0320. The molecule has 0 amide bonds. The van der Waals surface area contributed by atoms with Crippen molar-refractivity contribution in [2.24, 2.45) is 5.92 Å². The van der Waals surface area contributed by atoms with E-state index in [4.69, 9.17) is 5.11 Å². The van der Waals surface area contributed by atoms with E-state index >= 15 is 0 Å². The molecule has 88 valence electrons. The van der Waals surface area contributed by atoms with Crippen molar-refractivity contribution in [2.45, 2.75) is 44.8 Å². The highest BCUT2D eigenvalue weighted by Crippen LogP contribution is 2.29. The molecule has 1 N–H and O–H groups in total. The Hall–Kier alpha value is -0.280. The van der Waals surface area contributed by atoms with Crippen molar-refractivity contribution in [2.75, 3.05) is 6.61 Å². The highest BCUT2D eigenvalue weighted by Gasteiger charge is 2.23. The first kappa shape index (κ1) is 14.7. The summed E-state index contributed by atoms with van der Waals surface area (Å²) in [4.78, 5) is 11.9. The number of thioether (sulfide) groups is 1. The van der Waals surface area contributed by atoms with Crippen LogP contribution in [0.25, 0.3) is 0 Å². The molecule has 2 nitrogen and oxygen atoms in total. The fourth-order valence-electron chi connectivity index (χ4n) is 1.26. The lowest BCUT2D eigenvalue weighted by molar-refractivity contribution is -0.114. The predicted octanol–water partition coefficient (Wildman–Crippen LogP) is 3.01. The van der Waals surface area contributed by atoms with Crippen LogP contribution in [0.1, 0.15) is 40.0 Å². The average molecular weight is 230 g/mol. The van der Waals surface area contributed by atoms with E-state index in [1.54, 1.807) is 6.08 Å². The molecule has 0 heterocycles. The molecule has 0 aliphatic heterocycles. The molecule has 0 saturated carbocycles. The SMILES string of the molecule is C=CC[C@H](CCCO)C(=O)SC(C)(C)C. The molecule has 0 saturated heterocycles. The van der Waals surface area contributed by atoms with Crippen LogP contribution in [0, 0.1) is 5.92 Å². The third-order valence-electron chi connectivity index (χ3n) is 1.90. The first-order valence-electron chi connectivity index (χ1n) is 5.35. The van der Waals surface area contributed by atoms with Crippen molar-refractivity contribution in [1.82, 2.24) is 0 Å². The summed E-state index contributed by atoms with van der Waals surface area (Å²) in [6.45, 7) is 9.92. The van der Waals surface area contributed by atoms with Crippen molar-refractivity contribution in [3.05, 3.63) is 12.7 Å². The molecular formula is C12H22O2S.